The third-order valence-corrected chi connectivity index (χ3v) is 5.13. The molecule has 1 radical (unpaired) electrons. The van der Waals surface area contributed by atoms with Gasteiger partial charge in [0.15, 0.2) is 0 Å². The van der Waals surface area contributed by atoms with E-state index >= 15 is 0 Å². The van der Waals surface area contributed by atoms with Crippen molar-refractivity contribution in [2.75, 3.05) is 0 Å². The molecule has 0 bridgehead atoms. The van der Waals surface area contributed by atoms with Gasteiger partial charge < -0.3 is 0 Å². The summed E-state index contributed by atoms with van der Waals surface area (Å²) in [7, 11) is 0. The van der Waals surface area contributed by atoms with Crippen molar-refractivity contribution in [1.82, 2.24) is 6.61 Å². The second-order valence-electron chi connectivity index (χ2n) is 5.02. The van der Waals surface area contributed by atoms with E-state index in [0.717, 1.165) is 0 Å². The van der Waals surface area contributed by atoms with Crippen LogP contribution in [0.15, 0.2) is 84.9 Å². The van der Waals surface area contributed by atoms with Crippen LogP contribution in [-0.2, 0) is 35.8 Å². The van der Waals surface area contributed by atoms with Crippen LogP contribution in [0.4, 0.5) is 0 Å². The van der Waals surface area contributed by atoms with Gasteiger partial charge in [0.2, 0.25) is 0 Å². The Morgan fingerprint density at radius 1 is 0.692 bits per heavy atom. The quantitative estimate of drug-likeness (QED) is 0.245. The molecular weight excluding hydrogens is 506 g/mol. The summed E-state index contributed by atoms with van der Waals surface area (Å²) in [4.78, 5) is 18.9. The molecule has 0 fully saturated rings. The molecule has 6 heteroatoms. The minimum Gasteiger partial charge on any atom is -0.168 e. The topological polar surface area (TPSA) is 58.2 Å². The molecule has 4 aromatic rings. The maximum atomic E-state index is 9.46. The standard InChI is InChI=1S/2C9H7.2CH3NO.In.Zr/c2*1-2-5-9-7-3-6-8(9)4-1;2*2-1-3;;/h2*1-7H;2*1H,(H2,2,3);;/q2*-1;;;2*+2/p-2. The van der Waals surface area contributed by atoms with Gasteiger partial charge in [0, 0.05) is 0 Å². The van der Waals surface area contributed by atoms with Crippen molar-refractivity contribution in [2.24, 2.45) is 0 Å². The maximum Gasteiger partial charge on any atom is 2.00 e. The van der Waals surface area contributed by atoms with Crippen LogP contribution in [0.25, 0.3) is 21.5 Å². The zero-order valence-corrected chi connectivity index (χ0v) is 19.9. The van der Waals surface area contributed by atoms with E-state index in [4.69, 9.17) is 0 Å². The Hall–Kier alpha value is -1.65. The van der Waals surface area contributed by atoms with Gasteiger partial charge in [-0.15, -0.1) is 59.3 Å². The molecular formula is C20H18InN2O2Zr. The van der Waals surface area contributed by atoms with Gasteiger partial charge in [-0.25, -0.2) is 0 Å². The predicted molar refractivity (Wildman–Crippen MR) is 103 cm³/mol. The summed E-state index contributed by atoms with van der Waals surface area (Å²) in [5.41, 5.74) is 0. The molecule has 127 valence electrons. The Balaban J connectivity index is 0.000000194. The largest absolute Gasteiger partial charge is 2.00 e. The minimum atomic E-state index is -1.20. The zero-order chi connectivity index (χ0) is 17.7. The van der Waals surface area contributed by atoms with Crippen molar-refractivity contribution in [1.29, 1.82) is 0 Å². The number of carbonyl (C=O) groups is 2. The number of benzene rings is 2. The molecule has 0 aromatic heterocycles. The summed E-state index contributed by atoms with van der Waals surface area (Å²) in [6.45, 7) is 0. The molecule has 2 N–H and O–H groups in total. The van der Waals surface area contributed by atoms with E-state index in [0.29, 0.717) is 12.8 Å². The Kier molecular flexibility index (Phi) is 11.7. The Labute approximate surface area is 184 Å². The number of hydrogen-bond donors (Lipinski definition) is 2. The van der Waals surface area contributed by atoms with Crippen LogP contribution in [0, 0.1) is 0 Å². The smallest absolute Gasteiger partial charge is 0.168 e. The minimum absolute atomic E-state index is 0. The van der Waals surface area contributed by atoms with Crippen LogP contribution < -0.4 is 6.61 Å². The van der Waals surface area contributed by atoms with Gasteiger partial charge in [-0.2, -0.15) is 35.0 Å². The van der Waals surface area contributed by atoms with Crippen molar-refractivity contribution < 1.29 is 35.8 Å². The Bertz CT molecular complexity index is 770. The van der Waals surface area contributed by atoms with Crippen LogP contribution >= 0.6 is 0 Å². The summed E-state index contributed by atoms with van der Waals surface area (Å²) in [5, 5.41) is 5.32. The van der Waals surface area contributed by atoms with Gasteiger partial charge in [0.1, 0.15) is 0 Å². The van der Waals surface area contributed by atoms with E-state index in [-0.39, 0.29) is 26.2 Å². The first-order valence-corrected chi connectivity index (χ1v) is 11.1. The van der Waals surface area contributed by atoms with Gasteiger partial charge in [-0.3, -0.25) is 0 Å². The average molecular weight is 524 g/mol. The predicted octanol–water partition coefficient (Wildman–Crippen LogP) is 3.13. The van der Waals surface area contributed by atoms with Crippen molar-refractivity contribution >= 4 is 57.8 Å². The Morgan fingerprint density at radius 3 is 1.50 bits per heavy atom. The SMILES string of the molecule is O=C[NH][In][NH]C=O.[Zr+2].c1ccc2[cH-]ccc2c1.c1ccc2[cH-]ccc2c1. The molecule has 0 saturated carbocycles. The van der Waals surface area contributed by atoms with E-state index < -0.39 is 23.5 Å². The molecule has 4 nitrogen and oxygen atoms in total. The number of fused-ring (bicyclic) bond motifs is 2. The van der Waals surface area contributed by atoms with Gasteiger partial charge in [-0.05, 0) is 0 Å². The van der Waals surface area contributed by atoms with E-state index in [1.165, 1.54) is 21.5 Å². The first kappa shape index (κ1) is 22.4. The second kappa shape index (κ2) is 13.5. The molecule has 0 aliphatic heterocycles. The van der Waals surface area contributed by atoms with E-state index in [1.807, 2.05) is 0 Å². The Morgan fingerprint density at radius 2 is 1.12 bits per heavy atom. The zero-order valence-electron chi connectivity index (χ0n) is 14.1. The van der Waals surface area contributed by atoms with Crippen molar-refractivity contribution in [3.8, 4) is 0 Å². The van der Waals surface area contributed by atoms with Crippen LogP contribution in [0.5, 0.6) is 0 Å². The fourth-order valence-electron chi connectivity index (χ4n) is 2.26. The third kappa shape index (κ3) is 7.71. The number of rotatable bonds is 4. The van der Waals surface area contributed by atoms with E-state index in [1.54, 1.807) is 0 Å². The third-order valence-electron chi connectivity index (χ3n) is 3.40. The summed E-state index contributed by atoms with van der Waals surface area (Å²) < 4.78 is 4.83. The normalized spacial score (nSPS) is 8.77. The van der Waals surface area contributed by atoms with E-state index in [2.05, 4.69) is 91.5 Å². The summed E-state index contributed by atoms with van der Waals surface area (Å²) in [6.07, 6.45) is 1.19. The summed E-state index contributed by atoms with van der Waals surface area (Å²) in [5.74, 6) is 0. The fourth-order valence-corrected chi connectivity index (χ4v) is 2.92. The van der Waals surface area contributed by atoms with Crippen LogP contribution in [-0.4, -0.2) is 36.3 Å². The molecule has 0 atom stereocenters. The molecule has 0 aliphatic rings. The molecule has 0 saturated heterocycles. The monoisotopic (exact) mass is 523 g/mol. The molecule has 0 unspecified atom stereocenters. The summed E-state index contributed by atoms with van der Waals surface area (Å²) in [6, 6.07) is 29.3. The van der Waals surface area contributed by atoms with Gasteiger partial charge in [0.05, 0.1) is 0 Å². The van der Waals surface area contributed by atoms with Crippen LogP contribution in [0.3, 0.4) is 0 Å². The molecule has 0 heterocycles. The molecule has 0 spiro atoms. The molecule has 4 rings (SSSR count). The number of carbonyl (C=O) groups excluding carboxylic acids is 2. The first-order valence-electron chi connectivity index (χ1n) is 7.77. The molecule has 0 aliphatic carbocycles. The number of nitrogens with one attached hydrogen (secondary N) is 2. The van der Waals surface area contributed by atoms with Crippen molar-refractivity contribution in [3.05, 3.63) is 84.9 Å². The molecule has 26 heavy (non-hydrogen) atoms. The molecule has 4 aromatic carbocycles. The average Bonchev–Trinajstić information content (AvgIpc) is 3.32. The van der Waals surface area contributed by atoms with E-state index in [9.17, 15) is 9.59 Å². The van der Waals surface area contributed by atoms with Gasteiger partial charge >= 0.3 is 78.7 Å². The number of amides is 2. The van der Waals surface area contributed by atoms with Crippen LogP contribution in [0.1, 0.15) is 0 Å². The van der Waals surface area contributed by atoms with Crippen LogP contribution in [0.2, 0.25) is 0 Å². The second-order valence-corrected chi connectivity index (χ2v) is 7.75. The summed E-state index contributed by atoms with van der Waals surface area (Å²) >= 11 is -1.20. The van der Waals surface area contributed by atoms with Crippen molar-refractivity contribution in [3.63, 3.8) is 0 Å². The fraction of sp³-hybridized carbons (Fsp3) is 0. The van der Waals surface area contributed by atoms with Gasteiger partial charge in [0.25, 0.3) is 0 Å². The number of hydrogen-bond acceptors (Lipinski definition) is 2. The van der Waals surface area contributed by atoms with Gasteiger partial charge in [-0.1, -0.05) is 12.1 Å². The van der Waals surface area contributed by atoms with Crippen molar-refractivity contribution in [2.45, 2.75) is 0 Å². The maximum absolute atomic E-state index is 9.46. The first-order chi connectivity index (χ1) is 12.3. The molecule has 2 amide bonds.